The molecule has 0 spiro atoms. The Morgan fingerprint density at radius 3 is 1.58 bits per heavy atom. The second-order valence-corrected chi connectivity index (χ2v) is 7.29. The lowest BCUT2D eigenvalue weighted by Crippen LogP contribution is -1.90. The number of pyridine rings is 1. The third-order valence-corrected chi connectivity index (χ3v) is 5.75. The van der Waals surface area contributed by atoms with Crippen LogP contribution in [0.3, 0.4) is 0 Å². The maximum absolute atomic E-state index is 6.14. The highest BCUT2D eigenvalue weighted by molar-refractivity contribution is 6.49. The van der Waals surface area contributed by atoms with Crippen LogP contribution in [0.2, 0.25) is 30.1 Å². The maximum atomic E-state index is 6.14. The van der Waals surface area contributed by atoms with Crippen molar-refractivity contribution in [3.8, 4) is 22.4 Å². The van der Waals surface area contributed by atoms with Crippen LogP contribution in [0.4, 0.5) is 0 Å². The molecule has 3 rings (SSSR count). The van der Waals surface area contributed by atoms with Crippen molar-refractivity contribution in [3.05, 3.63) is 72.7 Å². The molecule has 0 aliphatic carbocycles. The monoisotopic (exact) mass is 435 g/mol. The van der Waals surface area contributed by atoms with E-state index in [1.807, 2.05) is 12.1 Å². The normalized spacial score (nSPS) is 10.9. The van der Waals surface area contributed by atoms with Crippen molar-refractivity contribution in [1.29, 1.82) is 0 Å². The van der Waals surface area contributed by atoms with Crippen molar-refractivity contribution in [1.82, 2.24) is 4.98 Å². The molecule has 0 unspecified atom stereocenters. The van der Waals surface area contributed by atoms with Crippen molar-refractivity contribution in [3.63, 3.8) is 0 Å². The van der Waals surface area contributed by atoms with Gasteiger partial charge < -0.3 is 0 Å². The van der Waals surface area contributed by atoms with Gasteiger partial charge in [0.05, 0.1) is 35.8 Å². The standard InChI is InChI=1S/C17H7Cl6N/c18-11-4-8(5-12(19)15(11)22)10-2-1-3-24-17(10)9-6-13(20)16(23)14(21)7-9/h1-7H. The molecule has 0 N–H and O–H groups in total. The van der Waals surface area contributed by atoms with Gasteiger partial charge in [0, 0.05) is 17.3 Å². The van der Waals surface area contributed by atoms with Gasteiger partial charge in [-0.15, -0.1) is 0 Å². The Morgan fingerprint density at radius 1 is 0.625 bits per heavy atom. The summed E-state index contributed by atoms with van der Waals surface area (Å²) in [7, 11) is 0. The van der Waals surface area contributed by atoms with Crippen LogP contribution in [0.5, 0.6) is 0 Å². The van der Waals surface area contributed by atoms with Crippen LogP contribution in [0.1, 0.15) is 0 Å². The van der Waals surface area contributed by atoms with Gasteiger partial charge in [0.2, 0.25) is 0 Å². The topological polar surface area (TPSA) is 12.9 Å². The van der Waals surface area contributed by atoms with Crippen molar-refractivity contribution in [2.24, 2.45) is 0 Å². The molecule has 0 saturated heterocycles. The fraction of sp³-hybridized carbons (Fsp3) is 0. The SMILES string of the molecule is Clc1cc(-c2cccnc2-c2cc(Cl)c(Cl)c(Cl)c2)cc(Cl)c1Cl. The second-order valence-electron chi connectivity index (χ2n) is 4.91. The van der Waals surface area contributed by atoms with E-state index < -0.39 is 0 Å². The summed E-state index contributed by atoms with van der Waals surface area (Å²) in [6, 6.07) is 10.6. The summed E-state index contributed by atoms with van der Waals surface area (Å²) in [5.74, 6) is 0. The van der Waals surface area contributed by atoms with E-state index in [4.69, 9.17) is 69.6 Å². The minimum atomic E-state index is 0.303. The first-order valence-electron chi connectivity index (χ1n) is 6.63. The average molecular weight is 438 g/mol. The Morgan fingerprint density at radius 2 is 1.08 bits per heavy atom. The Balaban J connectivity index is 2.23. The Kier molecular flexibility index (Phi) is 5.51. The van der Waals surface area contributed by atoms with E-state index in [0.29, 0.717) is 35.8 Å². The van der Waals surface area contributed by atoms with E-state index in [2.05, 4.69) is 4.98 Å². The summed E-state index contributed by atoms with van der Waals surface area (Å²) in [4.78, 5) is 4.44. The van der Waals surface area contributed by atoms with Gasteiger partial charge in [-0.25, -0.2) is 0 Å². The summed E-state index contributed by atoms with van der Waals surface area (Å²) in [6.07, 6.45) is 1.67. The number of aromatic nitrogens is 1. The summed E-state index contributed by atoms with van der Waals surface area (Å²) >= 11 is 36.6. The third kappa shape index (κ3) is 3.48. The molecule has 0 amide bonds. The van der Waals surface area contributed by atoms with Crippen LogP contribution in [-0.4, -0.2) is 4.98 Å². The van der Waals surface area contributed by atoms with Crippen molar-refractivity contribution in [2.75, 3.05) is 0 Å². The van der Waals surface area contributed by atoms with Crippen molar-refractivity contribution >= 4 is 69.6 Å². The van der Waals surface area contributed by atoms with Crippen LogP contribution < -0.4 is 0 Å². The van der Waals surface area contributed by atoms with E-state index in [0.717, 1.165) is 16.7 Å². The highest BCUT2D eigenvalue weighted by atomic mass is 35.5. The van der Waals surface area contributed by atoms with Gasteiger partial charge >= 0.3 is 0 Å². The predicted octanol–water partition coefficient (Wildman–Crippen LogP) is 8.34. The molecule has 24 heavy (non-hydrogen) atoms. The Bertz CT molecular complexity index is 816. The molecule has 0 fully saturated rings. The number of nitrogens with zero attached hydrogens (tertiary/aromatic N) is 1. The highest BCUT2D eigenvalue weighted by Crippen LogP contribution is 2.40. The molecule has 0 atom stereocenters. The molecule has 0 aliphatic heterocycles. The molecule has 122 valence electrons. The number of hydrogen-bond donors (Lipinski definition) is 0. The minimum Gasteiger partial charge on any atom is -0.256 e. The third-order valence-electron chi connectivity index (χ3n) is 3.36. The molecule has 0 bridgehead atoms. The van der Waals surface area contributed by atoms with E-state index in [-0.39, 0.29) is 0 Å². The predicted molar refractivity (Wildman–Crippen MR) is 105 cm³/mol. The van der Waals surface area contributed by atoms with Gasteiger partial charge in [-0.05, 0) is 35.9 Å². The van der Waals surface area contributed by atoms with Gasteiger partial charge in [-0.2, -0.15) is 0 Å². The lowest BCUT2D eigenvalue weighted by atomic mass is 9.99. The molecule has 0 saturated carbocycles. The smallest absolute Gasteiger partial charge is 0.0781 e. The van der Waals surface area contributed by atoms with Gasteiger partial charge in [-0.1, -0.05) is 75.7 Å². The molecule has 0 aliphatic rings. The number of rotatable bonds is 2. The van der Waals surface area contributed by atoms with Crippen LogP contribution in [0, 0.1) is 0 Å². The van der Waals surface area contributed by atoms with Gasteiger partial charge in [0.1, 0.15) is 0 Å². The molecule has 1 heterocycles. The van der Waals surface area contributed by atoms with E-state index in [1.165, 1.54) is 0 Å². The summed E-state index contributed by atoms with van der Waals surface area (Å²) < 4.78 is 0. The first kappa shape index (κ1) is 18.1. The molecular weight excluding hydrogens is 431 g/mol. The van der Waals surface area contributed by atoms with Crippen LogP contribution >= 0.6 is 69.6 Å². The Labute approximate surface area is 169 Å². The number of halogens is 6. The zero-order valence-electron chi connectivity index (χ0n) is 11.8. The fourth-order valence-electron chi connectivity index (χ4n) is 2.27. The zero-order valence-corrected chi connectivity index (χ0v) is 16.3. The quantitative estimate of drug-likeness (QED) is 0.367. The summed E-state index contributed by atoms with van der Waals surface area (Å²) in [5.41, 5.74) is 2.99. The molecule has 7 heteroatoms. The lowest BCUT2D eigenvalue weighted by Gasteiger charge is -2.12. The summed E-state index contributed by atoms with van der Waals surface area (Å²) in [5, 5.41) is 2.04. The van der Waals surface area contributed by atoms with Crippen LogP contribution in [0.15, 0.2) is 42.6 Å². The lowest BCUT2D eigenvalue weighted by molar-refractivity contribution is 1.32. The Hall–Kier alpha value is -0.670. The maximum Gasteiger partial charge on any atom is 0.0781 e. The fourth-order valence-corrected chi connectivity index (χ4v) is 3.46. The van der Waals surface area contributed by atoms with Gasteiger partial charge in [0.25, 0.3) is 0 Å². The molecule has 2 aromatic carbocycles. The molecule has 0 radical (unpaired) electrons. The first-order chi connectivity index (χ1) is 11.4. The molecule has 1 aromatic heterocycles. The van der Waals surface area contributed by atoms with Crippen molar-refractivity contribution < 1.29 is 0 Å². The number of hydrogen-bond acceptors (Lipinski definition) is 1. The zero-order chi connectivity index (χ0) is 17.4. The molecular formula is C17H7Cl6N. The van der Waals surface area contributed by atoms with E-state index in [9.17, 15) is 0 Å². The molecule has 3 aromatic rings. The first-order valence-corrected chi connectivity index (χ1v) is 8.90. The largest absolute Gasteiger partial charge is 0.256 e. The molecule has 1 nitrogen and oxygen atoms in total. The van der Waals surface area contributed by atoms with E-state index >= 15 is 0 Å². The van der Waals surface area contributed by atoms with E-state index in [1.54, 1.807) is 30.5 Å². The van der Waals surface area contributed by atoms with Crippen molar-refractivity contribution in [2.45, 2.75) is 0 Å². The number of benzene rings is 2. The summed E-state index contributed by atoms with van der Waals surface area (Å²) in [6.45, 7) is 0. The second kappa shape index (κ2) is 7.29. The van der Waals surface area contributed by atoms with Crippen LogP contribution in [-0.2, 0) is 0 Å². The van der Waals surface area contributed by atoms with Crippen LogP contribution in [0.25, 0.3) is 22.4 Å². The average Bonchev–Trinajstić information content (AvgIpc) is 2.56. The van der Waals surface area contributed by atoms with Gasteiger partial charge in [-0.3, -0.25) is 4.98 Å². The van der Waals surface area contributed by atoms with Gasteiger partial charge in [0.15, 0.2) is 0 Å². The minimum absolute atomic E-state index is 0.303. The highest BCUT2D eigenvalue weighted by Gasteiger charge is 2.15.